The second-order valence-electron chi connectivity index (χ2n) is 4.69. The zero-order valence-electron chi connectivity index (χ0n) is 11.2. The van der Waals surface area contributed by atoms with Gasteiger partial charge in [0.25, 0.3) is 0 Å². The number of nitrogens with one attached hydrogen (secondary N) is 1. The van der Waals surface area contributed by atoms with Crippen molar-refractivity contribution in [3.63, 3.8) is 0 Å². The molecule has 9 heteroatoms. The van der Waals surface area contributed by atoms with E-state index in [4.69, 9.17) is 17.3 Å². The van der Waals surface area contributed by atoms with E-state index in [0.29, 0.717) is 0 Å². The first kappa shape index (κ1) is 15.7. The average Bonchev–Trinajstić information content (AvgIpc) is 2.42. The first-order valence-electron chi connectivity index (χ1n) is 6.10. The minimum atomic E-state index is -3.92. The van der Waals surface area contributed by atoms with E-state index in [9.17, 15) is 18.0 Å². The van der Waals surface area contributed by atoms with Crippen molar-refractivity contribution < 1.29 is 18.0 Å². The molecule has 1 aliphatic rings. The lowest BCUT2D eigenvalue weighted by Crippen LogP contribution is -2.52. The fraction of sp³-hybridized carbons (Fsp3) is 0.333. The predicted molar refractivity (Wildman–Crippen MR) is 77.0 cm³/mol. The van der Waals surface area contributed by atoms with Crippen LogP contribution in [-0.4, -0.2) is 38.2 Å². The van der Waals surface area contributed by atoms with Crippen LogP contribution >= 0.6 is 11.6 Å². The summed E-state index contributed by atoms with van der Waals surface area (Å²) in [7, 11) is -2.60. The molecule has 1 aromatic carbocycles. The highest BCUT2D eigenvalue weighted by Crippen LogP contribution is 2.23. The number of likely N-dealkylation sites (N-methyl/N-ethyl adjacent to an activating group) is 1. The Kier molecular flexibility index (Phi) is 4.22. The highest BCUT2D eigenvalue weighted by atomic mass is 35.5. The Labute approximate surface area is 127 Å². The van der Waals surface area contributed by atoms with Crippen molar-refractivity contribution in [3.8, 4) is 0 Å². The molecule has 0 spiro atoms. The number of nitrogens with two attached hydrogens (primary N) is 1. The van der Waals surface area contributed by atoms with Crippen molar-refractivity contribution in [2.45, 2.75) is 23.8 Å². The van der Waals surface area contributed by atoms with Gasteiger partial charge in [-0.3, -0.25) is 14.5 Å². The molecule has 1 heterocycles. The van der Waals surface area contributed by atoms with E-state index in [1.165, 1.54) is 25.2 Å². The Hall–Kier alpha value is -1.64. The molecule has 0 saturated carbocycles. The van der Waals surface area contributed by atoms with Gasteiger partial charge in [-0.1, -0.05) is 11.6 Å². The lowest BCUT2D eigenvalue weighted by atomic mass is 10.1. The third-order valence-corrected chi connectivity index (χ3v) is 5.04. The molecule has 0 aromatic heterocycles. The highest BCUT2D eigenvalue weighted by Gasteiger charge is 2.34. The lowest BCUT2D eigenvalue weighted by Gasteiger charge is -2.28. The average molecular weight is 332 g/mol. The number of hydrogen-bond acceptors (Lipinski definition) is 5. The Balaban J connectivity index is 2.23. The maximum absolute atomic E-state index is 12.2. The van der Waals surface area contributed by atoms with Crippen molar-refractivity contribution in [1.29, 1.82) is 0 Å². The van der Waals surface area contributed by atoms with Crippen LogP contribution in [0.3, 0.4) is 0 Å². The van der Waals surface area contributed by atoms with Crippen LogP contribution in [0.25, 0.3) is 0 Å². The number of carbonyl (C=O) groups is 2. The zero-order valence-corrected chi connectivity index (χ0v) is 12.7. The van der Waals surface area contributed by atoms with Crippen LogP contribution in [0, 0.1) is 0 Å². The fourth-order valence-corrected chi connectivity index (χ4v) is 3.35. The second-order valence-corrected chi connectivity index (χ2v) is 6.81. The highest BCUT2D eigenvalue weighted by molar-refractivity contribution is 7.89. The standard InChI is InChI=1S/C12H14ClN3O4S/c1-16-11(17)5-4-10(12(16)18)15-21(19,20)7-2-3-8(13)9(14)6-7/h2-3,6,10,15H,4-5,14H2,1H3. The van der Waals surface area contributed by atoms with Gasteiger partial charge < -0.3 is 5.73 Å². The SMILES string of the molecule is CN1C(=O)CCC(NS(=O)(=O)c2ccc(Cl)c(N)c2)C1=O. The van der Waals surface area contributed by atoms with Crippen molar-refractivity contribution >= 4 is 39.1 Å². The van der Waals surface area contributed by atoms with E-state index in [1.54, 1.807) is 0 Å². The number of hydrogen-bond donors (Lipinski definition) is 2. The molecule has 1 aromatic rings. The van der Waals surface area contributed by atoms with Crippen molar-refractivity contribution in [2.24, 2.45) is 0 Å². The number of nitrogen functional groups attached to an aromatic ring is 1. The molecular weight excluding hydrogens is 318 g/mol. The molecule has 1 aliphatic heterocycles. The van der Waals surface area contributed by atoms with E-state index >= 15 is 0 Å². The molecule has 2 amide bonds. The molecule has 2 rings (SSSR count). The van der Waals surface area contributed by atoms with Gasteiger partial charge in [-0.25, -0.2) is 8.42 Å². The third kappa shape index (κ3) is 3.17. The molecule has 21 heavy (non-hydrogen) atoms. The Morgan fingerprint density at radius 3 is 2.67 bits per heavy atom. The van der Waals surface area contributed by atoms with Crippen LogP contribution in [0.1, 0.15) is 12.8 Å². The van der Waals surface area contributed by atoms with Gasteiger partial charge in [-0.2, -0.15) is 4.72 Å². The van der Waals surface area contributed by atoms with E-state index in [0.717, 1.165) is 4.90 Å². The lowest BCUT2D eigenvalue weighted by molar-refractivity contribution is -0.147. The van der Waals surface area contributed by atoms with E-state index in [1.807, 2.05) is 0 Å². The van der Waals surface area contributed by atoms with Gasteiger partial charge in [0.1, 0.15) is 6.04 Å². The van der Waals surface area contributed by atoms with Crippen molar-refractivity contribution in [2.75, 3.05) is 12.8 Å². The third-order valence-electron chi connectivity index (χ3n) is 3.22. The topological polar surface area (TPSA) is 110 Å². The Bertz CT molecular complexity index is 704. The van der Waals surface area contributed by atoms with Gasteiger partial charge in [0, 0.05) is 13.5 Å². The molecule has 1 fully saturated rings. The van der Waals surface area contributed by atoms with Gasteiger partial charge in [0.15, 0.2) is 0 Å². The molecule has 0 aliphatic carbocycles. The van der Waals surface area contributed by atoms with Gasteiger partial charge in [-0.15, -0.1) is 0 Å². The predicted octanol–water partition coefficient (Wildman–Crippen LogP) is 0.348. The Morgan fingerprint density at radius 2 is 2.05 bits per heavy atom. The van der Waals surface area contributed by atoms with E-state index in [-0.39, 0.29) is 34.4 Å². The van der Waals surface area contributed by atoms with Gasteiger partial charge >= 0.3 is 0 Å². The first-order chi connectivity index (χ1) is 9.72. The summed E-state index contributed by atoms with van der Waals surface area (Å²) in [4.78, 5) is 24.1. The monoisotopic (exact) mass is 331 g/mol. The second kappa shape index (κ2) is 5.63. The van der Waals surface area contributed by atoms with Crippen LogP contribution in [-0.2, 0) is 19.6 Å². The number of benzene rings is 1. The van der Waals surface area contributed by atoms with Crippen molar-refractivity contribution in [1.82, 2.24) is 9.62 Å². The number of imide groups is 1. The van der Waals surface area contributed by atoms with Crippen LogP contribution in [0.4, 0.5) is 5.69 Å². The maximum Gasteiger partial charge on any atom is 0.247 e. The number of amides is 2. The quantitative estimate of drug-likeness (QED) is 0.613. The molecule has 1 atom stereocenters. The van der Waals surface area contributed by atoms with Crippen molar-refractivity contribution in [3.05, 3.63) is 23.2 Å². The summed E-state index contributed by atoms with van der Waals surface area (Å²) in [6, 6.07) is 2.91. The molecule has 114 valence electrons. The molecule has 1 saturated heterocycles. The minimum absolute atomic E-state index is 0.0863. The van der Waals surface area contributed by atoms with Gasteiger partial charge in [0.2, 0.25) is 21.8 Å². The summed E-state index contributed by atoms with van der Waals surface area (Å²) in [5.41, 5.74) is 5.70. The molecule has 0 bridgehead atoms. The first-order valence-corrected chi connectivity index (χ1v) is 7.96. The van der Waals surface area contributed by atoms with Gasteiger partial charge in [-0.05, 0) is 24.6 Å². The summed E-state index contributed by atoms with van der Waals surface area (Å²) in [5, 5.41) is 0.244. The number of likely N-dealkylation sites (tertiary alicyclic amines) is 1. The number of sulfonamides is 1. The Morgan fingerprint density at radius 1 is 1.38 bits per heavy atom. The van der Waals surface area contributed by atoms with E-state index < -0.39 is 22.0 Å². The van der Waals surface area contributed by atoms with E-state index in [2.05, 4.69) is 4.72 Å². The van der Waals surface area contributed by atoms with Crippen LogP contribution in [0.5, 0.6) is 0 Å². The smallest absolute Gasteiger partial charge is 0.247 e. The number of anilines is 1. The van der Waals surface area contributed by atoms with Gasteiger partial charge in [0.05, 0.1) is 15.6 Å². The van der Waals surface area contributed by atoms with Crippen LogP contribution < -0.4 is 10.5 Å². The minimum Gasteiger partial charge on any atom is -0.397 e. The largest absolute Gasteiger partial charge is 0.397 e. The summed E-state index contributed by atoms with van der Waals surface area (Å²) in [6.07, 6.45) is 0.239. The summed E-state index contributed by atoms with van der Waals surface area (Å²) >= 11 is 5.74. The molecule has 1 unspecified atom stereocenters. The molecule has 7 nitrogen and oxygen atoms in total. The summed E-state index contributed by atoms with van der Waals surface area (Å²) in [5.74, 6) is -0.900. The van der Waals surface area contributed by atoms with Crippen LogP contribution in [0.15, 0.2) is 23.1 Å². The fourth-order valence-electron chi connectivity index (χ4n) is 1.97. The number of halogens is 1. The van der Waals surface area contributed by atoms with Crippen LogP contribution in [0.2, 0.25) is 5.02 Å². The number of nitrogens with zero attached hydrogens (tertiary/aromatic N) is 1. The summed E-state index contributed by atoms with van der Waals surface area (Å²) in [6.45, 7) is 0. The zero-order chi connectivity index (χ0) is 15.8. The molecule has 3 N–H and O–H groups in total. The number of carbonyl (C=O) groups excluding carboxylic acids is 2. The maximum atomic E-state index is 12.2. The number of rotatable bonds is 3. The molecular formula is C12H14ClN3O4S. The summed E-state index contributed by atoms with van der Waals surface area (Å²) < 4.78 is 26.8. The normalized spacial score (nSPS) is 19.9. The molecule has 0 radical (unpaired) electrons. The number of piperidine rings is 1.